The quantitative estimate of drug-likeness (QED) is 0.573. The summed E-state index contributed by atoms with van der Waals surface area (Å²) in [6, 6.07) is 17.4. The van der Waals surface area contributed by atoms with Crippen LogP contribution in [0.5, 0.6) is 0 Å². The van der Waals surface area contributed by atoms with E-state index in [2.05, 4.69) is 20.6 Å². The Bertz CT molecular complexity index is 749. The van der Waals surface area contributed by atoms with Crippen molar-refractivity contribution in [2.24, 2.45) is 0 Å². The Morgan fingerprint density at radius 1 is 0.958 bits per heavy atom. The van der Waals surface area contributed by atoms with Crippen molar-refractivity contribution in [1.29, 1.82) is 0 Å². The van der Waals surface area contributed by atoms with Gasteiger partial charge in [-0.2, -0.15) is 0 Å². The van der Waals surface area contributed by atoms with Crippen LogP contribution in [0.25, 0.3) is 11.0 Å². The van der Waals surface area contributed by atoms with Gasteiger partial charge in [0.2, 0.25) is 0 Å². The maximum Gasteiger partial charge on any atom is 0.319 e. The van der Waals surface area contributed by atoms with Gasteiger partial charge in [-0.1, -0.05) is 36.8 Å². The lowest BCUT2D eigenvalue weighted by Crippen LogP contribution is -2.29. The molecule has 3 N–H and O–H groups in total. The van der Waals surface area contributed by atoms with E-state index in [0.29, 0.717) is 6.54 Å². The number of carbonyl (C=O) groups is 1. The van der Waals surface area contributed by atoms with E-state index in [-0.39, 0.29) is 6.03 Å². The summed E-state index contributed by atoms with van der Waals surface area (Å²) in [5.74, 6) is 1.03. The molecule has 24 heavy (non-hydrogen) atoms. The first kappa shape index (κ1) is 16.1. The van der Waals surface area contributed by atoms with Crippen LogP contribution in [0.3, 0.4) is 0 Å². The lowest BCUT2D eigenvalue weighted by Gasteiger charge is -2.07. The van der Waals surface area contributed by atoms with Gasteiger partial charge < -0.3 is 15.6 Å². The second-order valence-electron chi connectivity index (χ2n) is 5.76. The number of rotatable bonds is 7. The van der Waals surface area contributed by atoms with Gasteiger partial charge in [0.1, 0.15) is 5.82 Å². The molecule has 3 aromatic rings. The molecule has 2 aromatic carbocycles. The van der Waals surface area contributed by atoms with Crippen LogP contribution >= 0.6 is 0 Å². The van der Waals surface area contributed by atoms with Crippen LogP contribution in [-0.2, 0) is 6.42 Å². The number of benzene rings is 2. The lowest BCUT2D eigenvalue weighted by molar-refractivity contribution is 0.252. The van der Waals surface area contributed by atoms with Crippen molar-refractivity contribution in [2.45, 2.75) is 25.7 Å². The van der Waals surface area contributed by atoms with E-state index in [1.807, 2.05) is 54.6 Å². The Morgan fingerprint density at radius 2 is 1.75 bits per heavy atom. The van der Waals surface area contributed by atoms with Gasteiger partial charge in [-0.05, 0) is 37.1 Å². The minimum Gasteiger partial charge on any atom is -0.342 e. The SMILES string of the molecule is O=C(NCCCCCc1nc2ccccc2[nH]1)Nc1ccccc1. The fourth-order valence-electron chi connectivity index (χ4n) is 2.62. The Balaban J connectivity index is 1.30. The number of amides is 2. The number of nitrogens with zero attached hydrogens (tertiary/aromatic N) is 1. The first-order valence-corrected chi connectivity index (χ1v) is 8.35. The predicted molar refractivity (Wildman–Crippen MR) is 97.1 cm³/mol. The Morgan fingerprint density at radius 3 is 2.58 bits per heavy atom. The van der Waals surface area contributed by atoms with Crippen molar-refractivity contribution in [2.75, 3.05) is 11.9 Å². The monoisotopic (exact) mass is 322 g/mol. The fraction of sp³-hybridized carbons (Fsp3) is 0.263. The molecule has 1 aromatic heterocycles. The number of aryl methyl sites for hydroxylation is 1. The number of H-pyrrole nitrogens is 1. The van der Waals surface area contributed by atoms with Crippen LogP contribution < -0.4 is 10.6 Å². The summed E-state index contributed by atoms with van der Waals surface area (Å²) >= 11 is 0. The zero-order valence-electron chi connectivity index (χ0n) is 13.6. The highest BCUT2D eigenvalue weighted by Crippen LogP contribution is 2.12. The number of anilines is 1. The number of para-hydroxylation sites is 3. The molecule has 0 bridgehead atoms. The Kier molecular flexibility index (Phi) is 5.45. The zero-order valence-corrected chi connectivity index (χ0v) is 13.6. The van der Waals surface area contributed by atoms with E-state index in [4.69, 9.17) is 0 Å². The molecular formula is C19H22N4O. The number of urea groups is 1. The maximum absolute atomic E-state index is 11.7. The third-order valence-corrected chi connectivity index (χ3v) is 3.85. The minimum absolute atomic E-state index is 0.154. The molecule has 0 radical (unpaired) electrons. The lowest BCUT2D eigenvalue weighted by atomic mass is 10.2. The standard InChI is InChI=1S/C19H22N4O/c24-19(21-15-9-3-1-4-10-15)20-14-8-2-5-13-18-22-16-11-6-7-12-17(16)23-18/h1,3-4,6-7,9-12H,2,5,8,13-14H2,(H,22,23)(H2,20,21,24). The maximum atomic E-state index is 11.7. The van der Waals surface area contributed by atoms with E-state index in [9.17, 15) is 4.79 Å². The van der Waals surface area contributed by atoms with E-state index in [0.717, 1.165) is 48.2 Å². The molecule has 1 heterocycles. The van der Waals surface area contributed by atoms with Gasteiger partial charge in [0.05, 0.1) is 11.0 Å². The van der Waals surface area contributed by atoms with Crippen LogP contribution in [0.4, 0.5) is 10.5 Å². The molecular weight excluding hydrogens is 300 g/mol. The topological polar surface area (TPSA) is 69.8 Å². The van der Waals surface area contributed by atoms with Crippen LogP contribution in [0.1, 0.15) is 25.1 Å². The van der Waals surface area contributed by atoms with E-state index >= 15 is 0 Å². The fourth-order valence-corrected chi connectivity index (χ4v) is 2.62. The molecule has 5 nitrogen and oxygen atoms in total. The summed E-state index contributed by atoms with van der Waals surface area (Å²) in [4.78, 5) is 19.6. The van der Waals surface area contributed by atoms with Gasteiger partial charge in [-0.3, -0.25) is 0 Å². The second kappa shape index (κ2) is 8.15. The molecule has 0 aliphatic heterocycles. The van der Waals surface area contributed by atoms with Gasteiger partial charge >= 0.3 is 6.03 Å². The number of carbonyl (C=O) groups excluding carboxylic acids is 1. The summed E-state index contributed by atoms with van der Waals surface area (Å²) < 4.78 is 0. The molecule has 124 valence electrons. The molecule has 0 aliphatic carbocycles. The van der Waals surface area contributed by atoms with Crippen molar-refractivity contribution in [1.82, 2.24) is 15.3 Å². The molecule has 0 fully saturated rings. The molecule has 5 heteroatoms. The average molecular weight is 322 g/mol. The average Bonchev–Trinajstić information content (AvgIpc) is 3.01. The molecule has 2 amide bonds. The number of aromatic nitrogens is 2. The largest absolute Gasteiger partial charge is 0.342 e. The number of nitrogens with one attached hydrogen (secondary N) is 3. The smallest absolute Gasteiger partial charge is 0.319 e. The summed E-state index contributed by atoms with van der Waals surface area (Å²) in [5.41, 5.74) is 2.92. The van der Waals surface area contributed by atoms with Crippen LogP contribution in [-0.4, -0.2) is 22.5 Å². The van der Waals surface area contributed by atoms with Crippen LogP contribution in [0.2, 0.25) is 0 Å². The highest BCUT2D eigenvalue weighted by atomic mass is 16.2. The normalized spacial score (nSPS) is 10.7. The number of hydrogen-bond donors (Lipinski definition) is 3. The van der Waals surface area contributed by atoms with E-state index in [1.54, 1.807) is 0 Å². The van der Waals surface area contributed by atoms with Crippen molar-refractivity contribution < 1.29 is 4.79 Å². The molecule has 0 spiro atoms. The van der Waals surface area contributed by atoms with Crippen molar-refractivity contribution in [3.05, 3.63) is 60.4 Å². The third kappa shape index (κ3) is 4.59. The van der Waals surface area contributed by atoms with Gasteiger partial charge in [-0.15, -0.1) is 0 Å². The summed E-state index contributed by atoms with van der Waals surface area (Å²) in [6.45, 7) is 0.679. The number of fused-ring (bicyclic) bond motifs is 1. The van der Waals surface area contributed by atoms with Crippen molar-refractivity contribution in [3.63, 3.8) is 0 Å². The zero-order chi connectivity index (χ0) is 16.6. The molecule has 0 saturated carbocycles. The highest BCUT2D eigenvalue weighted by molar-refractivity contribution is 5.89. The molecule has 3 rings (SSSR count). The van der Waals surface area contributed by atoms with E-state index in [1.165, 1.54) is 0 Å². The predicted octanol–water partition coefficient (Wildman–Crippen LogP) is 4.10. The van der Waals surface area contributed by atoms with Gasteiger partial charge in [0.25, 0.3) is 0 Å². The minimum atomic E-state index is -0.154. The van der Waals surface area contributed by atoms with E-state index < -0.39 is 0 Å². The molecule has 0 atom stereocenters. The van der Waals surface area contributed by atoms with Crippen LogP contribution in [0, 0.1) is 0 Å². The van der Waals surface area contributed by atoms with Crippen molar-refractivity contribution >= 4 is 22.8 Å². The summed E-state index contributed by atoms with van der Waals surface area (Å²) in [6.07, 6.45) is 4.01. The Labute approximate surface area is 141 Å². The number of hydrogen-bond acceptors (Lipinski definition) is 2. The summed E-state index contributed by atoms with van der Waals surface area (Å²) in [5, 5.41) is 5.69. The van der Waals surface area contributed by atoms with Gasteiger partial charge in [0.15, 0.2) is 0 Å². The molecule has 0 aliphatic rings. The molecule has 0 saturated heterocycles. The van der Waals surface area contributed by atoms with Crippen molar-refractivity contribution in [3.8, 4) is 0 Å². The van der Waals surface area contributed by atoms with Gasteiger partial charge in [-0.25, -0.2) is 9.78 Å². The number of aromatic amines is 1. The van der Waals surface area contributed by atoms with Gasteiger partial charge in [0, 0.05) is 18.7 Å². The third-order valence-electron chi connectivity index (χ3n) is 3.85. The highest BCUT2D eigenvalue weighted by Gasteiger charge is 2.02. The summed E-state index contributed by atoms with van der Waals surface area (Å²) in [7, 11) is 0. The first-order chi connectivity index (χ1) is 11.8. The number of imidazole rings is 1. The number of unbranched alkanes of at least 4 members (excludes halogenated alkanes) is 2. The Hall–Kier alpha value is -2.82. The first-order valence-electron chi connectivity index (χ1n) is 8.35. The second-order valence-corrected chi connectivity index (χ2v) is 5.76. The molecule has 0 unspecified atom stereocenters. The van der Waals surface area contributed by atoms with Crippen LogP contribution in [0.15, 0.2) is 54.6 Å².